The molecule has 0 amide bonds. The Labute approximate surface area is 150 Å². The maximum absolute atomic E-state index is 12.6. The predicted molar refractivity (Wildman–Crippen MR) is 91.5 cm³/mol. The first-order chi connectivity index (χ1) is 12.2. The number of H-pyrrole nitrogens is 1. The van der Waals surface area contributed by atoms with Crippen molar-refractivity contribution < 1.29 is 22.1 Å². The molecule has 1 aromatic carbocycles. The lowest BCUT2D eigenvalue weighted by Gasteiger charge is -2.15. The third-order valence-electron chi connectivity index (χ3n) is 3.78. The molecule has 1 atom stereocenters. The van der Waals surface area contributed by atoms with Crippen molar-refractivity contribution in [2.75, 3.05) is 6.61 Å². The summed E-state index contributed by atoms with van der Waals surface area (Å²) >= 11 is 0. The molecule has 0 fully saturated rings. The van der Waals surface area contributed by atoms with Crippen molar-refractivity contribution in [3.63, 3.8) is 0 Å². The molecular formula is C17H16F3N3O2S. The number of pyridine rings is 1. The van der Waals surface area contributed by atoms with E-state index < -0.39 is 23.6 Å². The summed E-state index contributed by atoms with van der Waals surface area (Å²) < 4.78 is 54.8. The van der Waals surface area contributed by atoms with Crippen LogP contribution in [0, 0.1) is 13.8 Å². The van der Waals surface area contributed by atoms with Gasteiger partial charge in [0.2, 0.25) is 0 Å². The highest BCUT2D eigenvalue weighted by molar-refractivity contribution is 7.84. The molecule has 0 aliphatic rings. The number of benzene rings is 1. The number of aromatic amines is 1. The molecular weight excluding hydrogens is 367 g/mol. The SMILES string of the molecule is Cc1cnc(CS(=O)c2nc3ccccc3[nH]2)c(C)c1OCC(F)(F)F. The number of para-hydroxylation sites is 2. The topological polar surface area (TPSA) is 67.9 Å². The quantitative estimate of drug-likeness (QED) is 0.727. The van der Waals surface area contributed by atoms with Crippen molar-refractivity contribution in [2.24, 2.45) is 0 Å². The Kier molecular flexibility index (Phi) is 4.99. The number of imidazole rings is 1. The van der Waals surface area contributed by atoms with E-state index in [2.05, 4.69) is 15.0 Å². The van der Waals surface area contributed by atoms with Crippen molar-refractivity contribution in [3.05, 3.63) is 47.3 Å². The van der Waals surface area contributed by atoms with E-state index in [-0.39, 0.29) is 11.5 Å². The highest BCUT2D eigenvalue weighted by atomic mass is 32.2. The molecule has 0 aliphatic heterocycles. The van der Waals surface area contributed by atoms with Crippen LogP contribution < -0.4 is 4.74 Å². The number of fused-ring (bicyclic) bond motifs is 1. The molecule has 3 rings (SSSR count). The van der Waals surface area contributed by atoms with Gasteiger partial charge in [0.25, 0.3) is 0 Å². The third kappa shape index (κ3) is 4.04. The van der Waals surface area contributed by atoms with E-state index in [1.807, 2.05) is 18.2 Å². The van der Waals surface area contributed by atoms with Gasteiger partial charge >= 0.3 is 6.18 Å². The molecule has 1 unspecified atom stereocenters. The summed E-state index contributed by atoms with van der Waals surface area (Å²) in [4.78, 5) is 11.5. The lowest BCUT2D eigenvalue weighted by Crippen LogP contribution is -2.20. The number of halogens is 3. The maximum atomic E-state index is 12.6. The van der Waals surface area contributed by atoms with Crippen LogP contribution in [-0.4, -0.2) is 31.9 Å². The Hall–Kier alpha value is -2.42. The molecule has 9 heteroatoms. The van der Waals surface area contributed by atoms with Crippen LogP contribution in [0.2, 0.25) is 0 Å². The maximum Gasteiger partial charge on any atom is 0.422 e. The van der Waals surface area contributed by atoms with Gasteiger partial charge in [-0.3, -0.25) is 9.19 Å². The zero-order chi connectivity index (χ0) is 18.9. The van der Waals surface area contributed by atoms with Gasteiger partial charge < -0.3 is 9.72 Å². The lowest BCUT2D eigenvalue weighted by atomic mass is 10.1. The van der Waals surface area contributed by atoms with Gasteiger partial charge in [-0.1, -0.05) is 12.1 Å². The molecule has 138 valence electrons. The van der Waals surface area contributed by atoms with Gasteiger partial charge in [-0.05, 0) is 26.0 Å². The Morgan fingerprint density at radius 2 is 1.96 bits per heavy atom. The van der Waals surface area contributed by atoms with Gasteiger partial charge in [0, 0.05) is 17.3 Å². The molecule has 5 nitrogen and oxygen atoms in total. The first-order valence-corrected chi connectivity index (χ1v) is 9.04. The first-order valence-electron chi connectivity index (χ1n) is 7.72. The highest BCUT2D eigenvalue weighted by Crippen LogP contribution is 2.28. The average molecular weight is 383 g/mol. The van der Waals surface area contributed by atoms with E-state index in [0.717, 1.165) is 5.52 Å². The van der Waals surface area contributed by atoms with Crippen molar-refractivity contribution in [1.29, 1.82) is 0 Å². The molecule has 26 heavy (non-hydrogen) atoms. The fourth-order valence-corrected chi connectivity index (χ4v) is 3.61. The van der Waals surface area contributed by atoms with Crippen LogP contribution in [0.25, 0.3) is 11.0 Å². The Bertz CT molecular complexity index is 937. The van der Waals surface area contributed by atoms with Gasteiger partial charge in [-0.25, -0.2) is 4.98 Å². The van der Waals surface area contributed by atoms with Gasteiger partial charge in [0.1, 0.15) is 5.75 Å². The summed E-state index contributed by atoms with van der Waals surface area (Å²) in [5.74, 6) is 0.142. The van der Waals surface area contributed by atoms with Crippen molar-refractivity contribution in [2.45, 2.75) is 30.9 Å². The number of ether oxygens (including phenoxy) is 1. The van der Waals surface area contributed by atoms with E-state index in [9.17, 15) is 17.4 Å². The molecule has 3 aromatic rings. The molecule has 0 spiro atoms. The molecule has 2 aromatic heterocycles. The number of rotatable bonds is 5. The number of alkyl halides is 3. The van der Waals surface area contributed by atoms with E-state index >= 15 is 0 Å². The predicted octanol–water partition coefficient (Wildman–Crippen LogP) is 3.82. The van der Waals surface area contributed by atoms with E-state index in [1.165, 1.54) is 6.20 Å². The molecule has 0 saturated carbocycles. The summed E-state index contributed by atoms with van der Waals surface area (Å²) in [5, 5.41) is 0.297. The Morgan fingerprint density at radius 3 is 2.65 bits per heavy atom. The zero-order valence-electron chi connectivity index (χ0n) is 14.1. The zero-order valence-corrected chi connectivity index (χ0v) is 14.9. The third-order valence-corrected chi connectivity index (χ3v) is 4.94. The Balaban J connectivity index is 1.83. The largest absolute Gasteiger partial charge is 0.483 e. The van der Waals surface area contributed by atoms with Crippen molar-refractivity contribution >= 4 is 21.8 Å². The van der Waals surface area contributed by atoms with Gasteiger partial charge in [-0.15, -0.1) is 0 Å². The van der Waals surface area contributed by atoms with Crippen LogP contribution in [0.15, 0.2) is 35.6 Å². The number of hydrogen-bond donors (Lipinski definition) is 1. The second kappa shape index (κ2) is 7.06. The smallest absolute Gasteiger partial charge is 0.422 e. The molecule has 0 saturated heterocycles. The van der Waals surface area contributed by atoms with Gasteiger partial charge in [0.05, 0.1) is 33.3 Å². The number of hydrogen-bond acceptors (Lipinski definition) is 4. The van der Waals surface area contributed by atoms with Crippen molar-refractivity contribution in [3.8, 4) is 5.75 Å². The summed E-state index contributed by atoms with van der Waals surface area (Å²) in [6.45, 7) is 1.84. The number of nitrogens with zero attached hydrogens (tertiary/aromatic N) is 2. The monoisotopic (exact) mass is 383 g/mol. The fourth-order valence-electron chi connectivity index (χ4n) is 2.51. The summed E-state index contributed by atoms with van der Waals surface area (Å²) in [6.07, 6.45) is -3.01. The average Bonchev–Trinajstić information content (AvgIpc) is 3.00. The van der Waals surface area contributed by atoms with E-state index in [1.54, 1.807) is 19.9 Å². The molecule has 2 heterocycles. The van der Waals surface area contributed by atoms with E-state index in [4.69, 9.17) is 4.74 Å². The molecule has 0 aliphatic carbocycles. The minimum Gasteiger partial charge on any atom is -0.483 e. The van der Waals surface area contributed by atoms with Crippen LogP contribution in [0.5, 0.6) is 5.75 Å². The first kappa shape index (κ1) is 18.4. The highest BCUT2D eigenvalue weighted by Gasteiger charge is 2.29. The molecule has 1 N–H and O–H groups in total. The van der Waals surface area contributed by atoms with Gasteiger partial charge in [0.15, 0.2) is 11.8 Å². The standard InChI is InChI=1S/C17H16F3N3O2S/c1-10-7-21-14(11(2)15(10)25-9-17(18,19)20)8-26(24)16-22-12-5-3-4-6-13(12)23-16/h3-7H,8-9H2,1-2H3,(H,22,23). The number of aryl methyl sites for hydroxylation is 1. The summed E-state index contributed by atoms with van der Waals surface area (Å²) in [7, 11) is -1.52. The fraction of sp³-hybridized carbons (Fsp3) is 0.294. The van der Waals surface area contributed by atoms with Gasteiger partial charge in [-0.2, -0.15) is 13.2 Å². The normalized spacial score (nSPS) is 13.1. The number of aromatic nitrogens is 3. The lowest BCUT2D eigenvalue weighted by molar-refractivity contribution is -0.153. The summed E-state index contributed by atoms with van der Waals surface area (Å²) in [6, 6.07) is 7.28. The minimum atomic E-state index is -4.43. The van der Waals surface area contributed by atoms with E-state index in [0.29, 0.717) is 27.5 Å². The van der Waals surface area contributed by atoms with Crippen molar-refractivity contribution in [1.82, 2.24) is 15.0 Å². The Morgan fingerprint density at radius 1 is 1.23 bits per heavy atom. The molecule has 0 bridgehead atoms. The van der Waals surface area contributed by atoms with Crippen LogP contribution >= 0.6 is 0 Å². The van der Waals surface area contributed by atoms with Crippen LogP contribution in [0.1, 0.15) is 16.8 Å². The second-order valence-electron chi connectivity index (χ2n) is 5.79. The number of nitrogens with one attached hydrogen (secondary N) is 1. The second-order valence-corrected chi connectivity index (χ2v) is 7.16. The summed E-state index contributed by atoms with van der Waals surface area (Å²) in [5.41, 5.74) is 2.80. The molecule has 0 radical (unpaired) electrons. The van der Waals surface area contributed by atoms with Crippen LogP contribution in [0.3, 0.4) is 0 Å². The van der Waals surface area contributed by atoms with Crippen LogP contribution in [0.4, 0.5) is 13.2 Å². The minimum absolute atomic E-state index is 0.0221. The van der Waals surface area contributed by atoms with Crippen LogP contribution in [-0.2, 0) is 16.6 Å².